The number of carbonyl (C=O) groups excluding carboxylic acids is 1. The van der Waals surface area contributed by atoms with Gasteiger partial charge in [0.15, 0.2) is 5.84 Å². The van der Waals surface area contributed by atoms with Crippen molar-refractivity contribution >= 4 is 11.7 Å². The van der Waals surface area contributed by atoms with E-state index in [4.69, 9.17) is 20.8 Å². The Morgan fingerprint density at radius 1 is 1.58 bits per heavy atom. The number of nitrogens with zero attached hydrogens (tertiary/aromatic N) is 2. The van der Waals surface area contributed by atoms with Gasteiger partial charge < -0.3 is 25.7 Å². The third-order valence-corrected chi connectivity index (χ3v) is 3.19. The number of aliphatic hydroxyl groups is 1. The van der Waals surface area contributed by atoms with Gasteiger partial charge in [-0.25, -0.2) is 0 Å². The summed E-state index contributed by atoms with van der Waals surface area (Å²) in [5.41, 5.74) is 5.58. The molecule has 1 rings (SSSR count). The molecule has 0 aromatic rings. The largest absolute Gasteiger partial charge is 0.409 e. The van der Waals surface area contributed by atoms with Gasteiger partial charge in [-0.05, 0) is 13.3 Å². The van der Waals surface area contributed by atoms with Gasteiger partial charge in [-0.3, -0.25) is 4.79 Å². The first kappa shape index (κ1) is 15.7. The van der Waals surface area contributed by atoms with Gasteiger partial charge in [0.25, 0.3) is 0 Å². The third kappa shape index (κ3) is 4.07. The van der Waals surface area contributed by atoms with Crippen molar-refractivity contribution in [1.82, 2.24) is 4.90 Å². The van der Waals surface area contributed by atoms with Crippen molar-refractivity contribution in [1.29, 1.82) is 0 Å². The van der Waals surface area contributed by atoms with E-state index in [9.17, 15) is 4.79 Å². The van der Waals surface area contributed by atoms with E-state index in [0.29, 0.717) is 19.5 Å². The quantitative estimate of drug-likeness (QED) is 0.277. The molecule has 0 bridgehead atoms. The summed E-state index contributed by atoms with van der Waals surface area (Å²) in [6.45, 7) is 4.44. The van der Waals surface area contributed by atoms with Crippen LogP contribution in [-0.2, 0) is 9.53 Å². The van der Waals surface area contributed by atoms with Crippen LogP contribution >= 0.6 is 0 Å². The predicted molar refractivity (Wildman–Crippen MR) is 69.8 cm³/mol. The Kier molecular flexibility index (Phi) is 6.04. The number of aliphatic hydroxyl groups excluding tert-OH is 1. The van der Waals surface area contributed by atoms with Crippen LogP contribution in [0, 0.1) is 5.92 Å². The molecule has 1 saturated heterocycles. The molecular weight excluding hydrogens is 250 g/mol. The smallest absolute Gasteiger partial charge is 0.233 e. The Hall–Kier alpha value is -1.34. The van der Waals surface area contributed by atoms with E-state index < -0.39 is 5.92 Å². The summed E-state index contributed by atoms with van der Waals surface area (Å²) in [4.78, 5) is 14.0. The number of rotatable bonds is 5. The number of hydrogen-bond donors (Lipinski definition) is 3. The zero-order valence-corrected chi connectivity index (χ0v) is 11.5. The first-order valence-corrected chi connectivity index (χ1v) is 6.55. The second-order valence-corrected chi connectivity index (χ2v) is 4.86. The maximum Gasteiger partial charge on any atom is 0.233 e. The minimum Gasteiger partial charge on any atom is -0.409 e. The molecule has 110 valence electrons. The molecule has 0 aromatic heterocycles. The predicted octanol–water partition coefficient (Wildman–Crippen LogP) is -0.243. The van der Waals surface area contributed by atoms with Crippen LogP contribution in [0.2, 0.25) is 0 Å². The molecule has 1 heterocycles. The van der Waals surface area contributed by atoms with Gasteiger partial charge in [0.1, 0.15) is 0 Å². The lowest BCUT2D eigenvalue weighted by atomic mass is 10.00. The highest BCUT2D eigenvalue weighted by molar-refractivity contribution is 6.02. The van der Waals surface area contributed by atoms with Crippen LogP contribution in [0.1, 0.15) is 26.7 Å². The van der Waals surface area contributed by atoms with Gasteiger partial charge in [-0.15, -0.1) is 0 Å². The van der Waals surface area contributed by atoms with E-state index in [0.717, 1.165) is 6.42 Å². The van der Waals surface area contributed by atoms with Gasteiger partial charge in [0.05, 0.1) is 24.7 Å². The van der Waals surface area contributed by atoms with Crippen molar-refractivity contribution < 1.29 is 19.8 Å². The Morgan fingerprint density at radius 3 is 2.79 bits per heavy atom. The van der Waals surface area contributed by atoms with Crippen LogP contribution < -0.4 is 5.73 Å². The number of ether oxygens (including phenoxy) is 1. The fourth-order valence-corrected chi connectivity index (χ4v) is 2.30. The van der Waals surface area contributed by atoms with Crippen molar-refractivity contribution in [3.8, 4) is 0 Å². The van der Waals surface area contributed by atoms with Gasteiger partial charge in [0, 0.05) is 13.1 Å². The molecule has 7 heteroatoms. The molecule has 0 radical (unpaired) electrons. The van der Waals surface area contributed by atoms with Crippen molar-refractivity contribution in [2.75, 3.05) is 19.7 Å². The highest BCUT2D eigenvalue weighted by atomic mass is 16.5. The standard InChI is InChI=1S/C12H23N3O4/c1-3-4-10(11(13)14-18)12(17)15-5-8(2)19-9(6-15)7-16/h8-10,16,18H,3-7H2,1-2H3,(H2,13,14). The lowest BCUT2D eigenvalue weighted by molar-refractivity contribution is -0.149. The lowest BCUT2D eigenvalue weighted by Crippen LogP contribution is -2.53. The minimum atomic E-state index is -0.611. The molecule has 0 aromatic carbocycles. The zero-order valence-electron chi connectivity index (χ0n) is 11.5. The van der Waals surface area contributed by atoms with Crippen LogP contribution in [0.15, 0.2) is 5.16 Å². The minimum absolute atomic E-state index is 0.0634. The molecule has 7 nitrogen and oxygen atoms in total. The van der Waals surface area contributed by atoms with Gasteiger partial charge in [-0.1, -0.05) is 18.5 Å². The molecule has 1 aliphatic rings. The van der Waals surface area contributed by atoms with Crippen molar-refractivity contribution in [3.63, 3.8) is 0 Å². The van der Waals surface area contributed by atoms with Crippen molar-refractivity contribution in [2.24, 2.45) is 16.8 Å². The van der Waals surface area contributed by atoms with Gasteiger partial charge in [0.2, 0.25) is 5.91 Å². The molecule has 1 aliphatic heterocycles. The van der Waals surface area contributed by atoms with Gasteiger partial charge in [-0.2, -0.15) is 0 Å². The Labute approximate surface area is 113 Å². The molecule has 1 fully saturated rings. The van der Waals surface area contributed by atoms with E-state index in [2.05, 4.69) is 5.16 Å². The molecule has 0 aliphatic carbocycles. The molecule has 19 heavy (non-hydrogen) atoms. The maximum atomic E-state index is 12.4. The fourth-order valence-electron chi connectivity index (χ4n) is 2.30. The summed E-state index contributed by atoms with van der Waals surface area (Å²) >= 11 is 0. The highest BCUT2D eigenvalue weighted by Crippen LogP contribution is 2.17. The Bertz CT molecular complexity index is 335. The molecule has 0 saturated carbocycles. The summed E-state index contributed by atoms with van der Waals surface area (Å²) < 4.78 is 5.49. The van der Waals surface area contributed by atoms with Crippen LogP contribution in [0.5, 0.6) is 0 Å². The van der Waals surface area contributed by atoms with Crippen molar-refractivity contribution in [2.45, 2.75) is 38.9 Å². The first-order valence-electron chi connectivity index (χ1n) is 6.55. The summed E-state index contributed by atoms with van der Waals surface area (Å²) in [6, 6.07) is 0. The number of amidine groups is 1. The van der Waals surface area contributed by atoms with Gasteiger partial charge >= 0.3 is 0 Å². The summed E-state index contributed by atoms with van der Waals surface area (Å²) in [5.74, 6) is -0.850. The van der Waals surface area contributed by atoms with E-state index in [-0.39, 0.29) is 30.6 Å². The molecule has 3 atom stereocenters. The average molecular weight is 273 g/mol. The highest BCUT2D eigenvalue weighted by Gasteiger charge is 2.33. The maximum absolute atomic E-state index is 12.4. The first-order chi connectivity index (χ1) is 9.03. The second kappa shape index (κ2) is 7.30. The molecule has 4 N–H and O–H groups in total. The summed E-state index contributed by atoms with van der Waals surface area (Å²) in [5, 5.41) is 20.9. The fraction of sp³-hybridized carbons (Fsp3) is 0.833. The van der Waals surface area contributed by atoms with E-state index >= 15 is 0 Å². The third-order valence-electron chi connectivity index (χ3n) is 3.19. The number of hydrogen-bond acceptors (Lipinski definition) is 5. The van der Waals surface area contributed by atoms with Crippen LogP contribution in [0.25, 0.3) is 0 Å². The normalized spacial score (nSPS) is 26.3. The lowest BCUT2D eigenvalue weighted by Gasteiger charge is -2.37. The van der Waals surface area contributed by atoms with E-state index in [1.165, 1.54) is 0 Å². The number of amides is 1. The summed E-state index contributed by atoms with van der Waals surface area (Å²) in [6.07, 6.45) is 0.784. The number of nitrogens with two attached hydrogens (primary N) is 1. The van der Waals surface area contributed by atoms with Crippen LogP contribution in [-0.4, -0.2) is 58.9 Å². The van der Waals surface area contributed by atoms with Crippen LogP contribution in [0.3, 0.4) is 0 Å². The number of carbonyl (C=O) groups is 1. The molecule has 1 amide bonds. The Balaban J connectivity index is 2.78. The molecular formula is C12H23N3O4. The summed E-state index contributed by atoms with van der Waals surface area (Å²) in [7, 11) is 0. The topological polar surface area (TPSA) is 108 Å². The molecule has 0 spiro atoms. The average Bonchev–Trinajstić information content (AvgIpc) is 2.42. The SMILES string of the molecule is CCCC(C(=O)N1CC(C)OC(CO)C1)C(N)=NO. The molecule has 3 unspecified atom stereocenters. The second-order valence-electron chi connectivity index (χ2n) is 4.86. The zero-order chi connectivity index (χ0) is 14.4. The Morgan fingerprint density at radius 2 is 2.26 bits per heavy atom. The number of morpholine rings is 1. The van der Waals surface area contributed by atoms with E-state index in [1.54, 1.807) is 4.90 Å². The van der Waals surface area contributed by atoms with E-state index in [1.807, 2.05) is 13.8 Å². The monoisotopic (exact) mass is 273 g/mol. The van der Waals surface area contributed by atoms with Crippen LogP contribution in [0.4, 0.5) is 0 Å². The van der Waals surface area contributed by atoms with Crippen molar-refractivity contribution in [3.05, 3.63) is 0 Å². The number of oxime groups is 1.